The predicted octanol–water partition coefficient (Wildman–Crippen LogP) is 3.36. The molecule has 0 bridgehead atoms. The van der Waals surface area contributed by atoms with E-state index in [-0.39, 0.29) is 6.04 Å². The van der Waals surface area contributed by atoms with Crippen molar-refractivity contribution >= 4 is 11.3 Å². The Bertz CT molecular complexity index is 596. The molecular weight excluding hydrogens is 294 g/mol. The lowest BCUT2D eigenvalue weighted by Crippen LogP contribution is -2.26. The summed E-state index contributed by atoms with van der Waals surface area (Å²) in [4.78, 5) is 5.63. The van der Waals surface area contributed by atoms with Gasteiger partial charge in [0, 0.05) is 18.5 Å². The highest BCUT2D eigenvalue weighted by atomic mass is 32.1. The summed E-state index contributed by atoms with van der Waals surface area (Å²) in [6, 6.07) is 3.66. The van der Waals surface area contributed by atoms with Gasteiger partial charge in [-0.15, -0.1) is 11.3 Å². The first-order chi connectivity index (χ1) is 10.0. The Balaban J connectivity index is 2.32. The summed E-state index contributed by atoms with van der Waals surface area (Å²) in [6.45, 7) is 5.06. The van der Waals surface area contributed by atoms with Gasteiger partial charge in [0.1, 0.15) is 5.01 Å². The van der Waals surface area contributed by atoms with Crippen LogP contribution in [0.4, 0.5) is 8.78 Å². The molecule has 1 aromatic carbocycles. The second kappa shape index (κ2) is 7.06. The van der Waals surface area contributed by atoms with Gasteiger partial charge in [0.05, 0.1) is 18.3 Å². The van der Waals surface area contributed by atoms with Crippen molar-refractivity contribution < 1.29 is 13.5 Å². The number of methoxy groups -OCH3 is 1. The van der Waals surface area contributed by atoms with E-state index in [2.05, 4.69) is 10.3 Å². The van der Waals surface area contributed by atoms with Crippen LogP contribution in [0, 0.1) is 25.5 Å². The van der Waals surface area contributed by atoms with Crippen molar-refractivity contribution in [3.05, 3.63) is 51.0 Å². The first-order valence-electron chi connectivity index (χ1n) is 6.64. The maximum absolute atomic E-state index is 13.5. The first kappa shape index (κ1) is 16.0. The lowest BCUT2D eigenvalue weighted by atomic mass is 10.1. The summed E-state index contributed by atoms with van der Waals surface area (Å²) in [5, 5.41) is 4.11. The van der Waals surface area contributed by atoms with E-state index in [1.165, 1.54) is 6.07 Å². The lowest BCUT2D eigenvalue weighted by Gasteiger charge is -2.17. The number of hydrogen-bond donors (Lipinski definition) is 1. The summed E-state index contributed by atoms with van der Waals surface area (Å²) in [7, 11) is 1.62. The van der Waals surface area contributed by atoms with E-state index < -0.39 is 11.6 Å². The molecule has 3 nitrogen and oxygen atoms in total. The SMILES string of the molecule is COCCNC(c1ccc(F)c(F)c1)c1nc(C)c(C)s1. The van der Waals surface area contributed by atoms with Crippen LogP contribution in [-0.4, -0.2) is 25.2 Å². The van der Waals surface area contributed by atoms with Gasteiger partial charge < -0.3 is 10.1 Å². The molecule has 0 aliphatic carbocycles. The van der Waals surface area contributed by atoms with Gasteiger partial charge >= 0.3 is 0 Å². The molecule has 0 radical (unpaired) electrons. The molecule has 0 spiro atoms. The highest BCUT2D eigenvalue weighted by Crippen LogP contribution is 2.28. The van der Waals surface area contributed by atoms with Crippen LogP contribution in [0.5, 0.6) is 0 Å². The molecule has 0 saturated carbocycles. The van der Waals surface area contributed by atoms with E-state index in [4.69, 9.17) is 4.74 Å². The second-order valence-electron chi connectivity index (χ2n) is 4.75. The number of rotatable bonds is 6. The number of benzene rings is 1. The van der Waals surface area contributed by atoms with Crippen LogP contribution in [0.25, 0.3) is 0 Å². The van der Waals surface area contributed by atoms with E-state index in [1.54, 1.807) is 24.5 Å². The van der Waals surface area contributed by atoms with Crippen molar-refractivity contribution in [2.75, 3.05) is 20.3 Å². The third-order valence-corrected chi connectivity index (χ3v) is 4.36. The van der Waals surface area contributed by atoms with Gasteiger partial charge in [-0.05, 0) is 31.5 Å². The van der Waals surface area contributed by atoms with Crippen molar-refractivity contribution in [2.45, 2.75) is 19.9 Å². The van der Waals surface area contributed by atoms with Gasteiger partial charge in [-0.3, -0.25) is 0 Å². The van der Waals surface area contributed by atoms with Gasteiger partial charge in [0.25, 0.3) is 0 Å². The van der Waals surface area contributed by atoms with Crippen LogP contribution in [0.2, 0.25) is 0 Å². The van der Waals surface area contributed by atoms with Gasteiger partial charge in [-0.25, -0.2) is 13.8 Å². The molecule has 1 unspecified atom stereocenters. The van der Waals surface area contributed by atoms with Crippen LogP contribution in [-0.2, 0) is 4.74 Å². The zero-order valence-corrected chi connectivity index (χ0v) is 13.1. The molecule has 1 aromatic heterocycles. The normalized spacial score (nSPS) is 12.6. The lowest BCUT2D eigenvalue weighted by molar-refractivity contribution is 0.197. The van der Waals surface area contributed by atoms with Gasteiger partial charge in [-0.1, -0.05) is 6.07 Å². The van der Waals surface area contributed by atoms with E-state index in [0.29, 0.717) is 18.7 Å². The monoisotopic (exact) mass is 312 g/mol. The fourth-order valence-electron chi connectivity index (χ4n) is 1.97. The number of halogens is 2. The summed E-state index contributed by atoms with van der Waals surface area (Å²) in [5.74, 6) is -1.70. The summed E-state index contributed by atoms with van der Waals surface area (Å²) in [6.07, 6.45) is 0. The minimum absolute atomic E-state index is 0.271. The molecular formula is C15H18F2N2OS. The molecule has 2 rings (SSSR count). The Morgan fingerprint density at radius 2 is 2.05 bits per heavy atom. The first-order valence-corrected chi connectivity index (χ1v) is 7.45. The Labute approximate surface area is 127 Å². The zero-order valence-electron chi connectivity index (χ0n) is 12.2. The zero-order chi connectivity index (χ0) is 15.4. The molecule has 0 amide bonds. The van der Waals surface area contributed by atoms with E-state index in [1.807, 2.05) is 13.8 Å². The van der Waals surface area contributed by atoms with Crippen LogP contribution >= 0.6 is 11.3 Å². The Kier molecular flexibility index (Phi) is 5.39. The maximum Gasteiger partial charge on any atom is 0.159 e. The van der Waals surface area contributed by atoms with Gasteiger partial charge in [0.15, 0.2) is 11.6 Å². The van der Waals surface area contributed by atoms with E-state index in [0.717, 1.165) is 21.6 Å². The van der Waals surface area contributed by atoms with Crippen molar-refractivity contribution in [2.24, 2.45) is 0 Å². The van der Waals surface area contributed by atoms with Crippen molar-refractivity contribution in [1.29, 1.82) is 0 Å². The minimum Gasteiger partial charge on any atom is -0.383 e. The second-order valence-corrected chi connectivity index (χ2v) is 5.98. The van der Waals surface area contributed by atoms with Crippen molar-refractivity contribution in [3.63, 3.8) is 0 Å². The van der Waals surface area contributed by atoms with Crippen LogP contribution in [0.1, 0.15) is 27.2 Å². The van der Waals surface area contributed by atoms with E-state index in [9.17, 15) is 8.78 Å². The topological polar surface area (TPSA) is 34.1 Å². The highest BCUT2D eigenvalue weighted by Gasteiger charge is 2.19. The molecule has 0 fully saturated rings. The largest absolute Gasteiger partial charge is 0.383 e. The number of aryl methyl sites for hydroxylation is 2. The maximum atomic E-state index is 13.5. The summed E-state index contributed by atoms with van der Waals surface area (Å²) in [5.41, 5.74) is 1.61. The third-order valence-electron chi connectivity index (χ3n) is 3.22. The highest BCUT2D eigenvalue weighted by molar-refractivity contribution is 7.11. The summed E-state index contributed by atoms with van der Waals surface area (Å²) >= 11 is 1.55. The Hall–Kier alpha value is -1.37. The number of thiazole rings is 1. The molecule has 2 aromatic rings. The molecule has 114 valence electrons. The average Bonchev–Trinajstić information content (AvgIpc) is 2.78. The van der Waals surface area contributed by atoms with Crippen LogP contribution in [0.15, 0.2) is 18.2 Å². The van der Waals surface area contributed by atoms with Gasteiger partial charge in [0.2, 0.25) is 0 Å². The van der Waals surface area contributed by atoms with Gasteiger partial charge in [-0.2, -0.15) is 0 Å². The van der Waals surface area contributed by atoms with Crippen molar-refractivity contribution in [1.82, 2.24) is 10.3 Å². The fourth-order valence-corrected chi connectivity index (χ4v) is 2.99. The third kappa shape index (κ3) is 3.84. The smallest absolute Gasteiger partial charge is 0.159 e. The molecule has 21 heavy (non-hydrogen) atoms. The number of aromatic nitrogens is 1. The molecule has 1 heterocycles. The average molecular weight is 312 g/mol. The molecule has 0 aliphatic heterocycles. The molecule has 1 N–H and O–H groups in total. The van der Waals surface area contributed by atoms with E-state index >= 15 is 0 Å². The quantitative estimate of drug-likeness (QED) is 0.831. The standard InChI is InChI=1S/C15H18F2N2OS/c1-9-10(2)21-15(19-9)14(18-6-7-20-3)11-4-5-12(16)13(17)8-11/h4-5,8,14,18H,6-7H2,1-3H3. The summed E-state index contributed by atoms with van der Waals surface area (Å²) < 4.78 is 31.6. The molecule has 6 heteroatoms. The predicted molar refractivity (Wildman–Crippen MR) is 79.7 cm³/mol. The fraction of sp³-hybridized carbons (Fsp3) is 0.400. The molecule has 0 aliphatic rings. The minimum atomic E-state index is -0.851. The number of hydrogen-bond acceptors (Lipinski definition) is 4. The van der Waals surface area contributed by atoms with Crippen LogP contribution in [0.3, 0.4) is 0 Å². The van der Waals surface area contributed by atoms with Crippen molar-refractivity contribution in [3.8, 4) is 0 Å². The molecule has 0 saturated heterocycles. The number of nitrogens with one attached hydrogen (secondary N) is 1. The Morgan fingerprint density at radius 1 is 1.29 bits per heavy atom. The molecule has 1 atom stereocenters. The van der Waals surface area contributed by atoms with Crippen LogP contribution < -0.4 is 5.32 Å². The Morgan fingerprint density at radius 3 is 2.62 bits per heavy atom. The number of ether oxygens (including phenoxy) is 1. The number of nitrogens with zero attached hydrogens (tertiary/aromatic N) is 1.